The number of pyridine rings is 2. The second kappa shape index (κ2) is 8.65. The van der Waals surface area contributed by atoms with E-state index < -0.39 is 5.60 Å². The van der Waals surface area contributed by atoms with Gasteiger partial charge in [0.25, 0.3) is 0 Å². The number of carbonyl (C=O) groups excluding carboxylic acids is 1. The molecule has 1 spiro atoms. The van der Waals surface area contributed by atoms with Gasteiger partial charge >= 0.3 is 0 Å². The number of nitrogens with zero attached hydrogens (tertiary/aromatic N) is 2. The summed E-state index contributed by atoms with van der Waals surface area (Å²) in [7, 11) is 0. The summed E-state index contributed by atoms with van der Waals surface area (Å²) in [5.41, 5.74) is 4.09. The van der Waals surface area contributed by atoms with Crippen molar-refractivity contribution in [1.82, 2.24) is 15.0 Å². The maximum Gasteiger partial charge on any atom is 0.222 e. The molecule has 6 rings (SSSR count). The van der Waals surface area contributed by atoms with Crippen LogP contribution in [0.2, 0.25) is 0 Å². The quantitative estimate of drug-likeness (QED) is 0.577. The highest BCUT2D eigenvalue weighted by Gasteiger charge is 2.44. The van der Waals surface area contributed by atoms with Gasteiger partial charge in [0.2, 0.25) is 5.91 Å². The summed E-state index contributed by atoms with van der Waals surface area (Å²) in [4.78, 5) is 24.3. The summed E-state index contributed by atoms with van der Waals surface area (Å²) in [6.07, 6.45) is 6.15. The third kappa shape index (κ3) is 3.83. The van der Waals surface area contributed by atoms with E-state index in [1.165, 1.54) is 6.92 Å². The number of fused-ring (bicyclic) bond motifs is 3. The van der Waals surface area contributed by atoms with E-state index in [2.05, 4.69) is 15.3 Å². The zero-order chi connectivity index (χ0) is 23.1. The minimum Gasteiger partial charge on any atom is -0.493 e. The molecule has 1 atom stereocenters. The van der Waals surface area contributed by atoms with Crippen LogP contribution in [0.4, 0.5) is 5.82 Å². The van der Waals surface area contributed by atoms with Gasteiger partial charge in [0.15, 0.2) is 0 Å². The monoisotopic (exact) mass is 464 g/mol. The first-order valence-electron chi connectivity index (χ1n) is 11.8. The third-order valence-corrected chi connectivity index (χ3v) is 6.87. The fourth-order valence-corrected chi connectivity index (χ4v) is 4.97. The number of ether oxygens (including phenoxy) is 4. The van der Waals surface area contributed by atoms with Gasteiger partial charge in [-0.2, -0.15) is 0 Å². The van der Waals surface area contributed by atoms with Gasteiger partial charge in [0, 0.05) is 61.1 Å². The molecule has 6 heterocycles. The fraction of sp³-hybridized carbons (Fsp3) is 0.480. The molecule has 2 fully saturated rings. The van der Waals surface area contributed by atoms with E-state index in [-0.39, 0.29) is 5.91 Å². The van der Waals surface area contributed by atoms with Gasteiger partial charge in [-0.15, -0.1) is 0 Å². The minimum absolute atomic E-state index is 0.163. The first kappa shape index (κ1) is 21.5. The molecule has 0 saturated carbocycles. The normalized spacial score (nSPS) is 22.0. The Morgan fingerprint density at radius 1 is 1.29 bits per heavy atom. The van der Waals surface area contributed by atoms with Crippen molar-refractivity contribution in [1.29, 1.82) is 0 Å². The molecule has 0 aliphatic carbocycles. The number of carbonyl (C=O) groups is 1. The van der Waals surface area contributed by atoms with Gasteiger partial charge in [-0.25, -0.2) is 9.97 Å². The largest absolute Gasteiger partial charge is 0.493 e. The summed E-state index contributed by atoms with van der Waals surface area (Å²) < 4.78 is 23.7. The second-order valence-electron chi connectivity index (χ2n) is 9.27. The zero-order valence-corrected chi connectivity index (χ0v) is 19.2. The van der Waals surface area contributed by atoms with E-state index in [4.69, 9.17) is 23.9 Å². The lowest BCUT2D eigenvalue weighted by Crippen LogP contribution is -2.37. The number of anilines is 1. The minimum atomic E-state index is -0.529. The Balaban J connectivity index is 1.43. The number of aromatic nitrogens is 3. The molecule has 9 heteroatoms. The van der Waals surface area contributed by atoms with Gasteiger partial charge in [-0.3, -0.25) is 4.79 Å². The van der Waals surface area contributed by atoms with Gasteiger partial charge < -0.3 is 29.2 Å². The molecule has 1 unspecified atom stereocenters. The molecule has 1 amide bonds. The predicted molar refractivity (Wildman–Crippen MR) is 125 cm³/mol. The van der Waals surface area contributed by atoms with Crippen LogP contribution in [0.25, 0.3) is 22.2 Å². The molecule has 0 bridgehead atoms. The second-order valence-corrected chi connectivity index (χ2v) is 9.27. The molecule has 2 N–H and O–H groups in total. The van der Waals surface area contributed by atoms with Crippen LogP contribution < -0.4 is 10.1 Å². The lowest BCUT2D eigenvalue weighted by atomic mass is 9.89. The van der Waals surface area contributed by atoms with Crippen LogP contribution in [0.5, 0.6) is 5.75 Å². The molecule has 3 aromatic heterocycles. The lowest BCUT2D eigenvalue weighted by Gasteiger charge is -2.35. The molecule has 34 heavy (non-hydrogen) atoms. The van der Waals surface area contributed by atoms with Crippen molar-refractivity contribution in [3.63, 3.8) is 0 Å². The Morgan fingerprint density at radius 2 is 2.21 bits per heavy atom. The zero-order valence-electron chi connectivity index (χ0n) is 19.2. The van der Waals surface area contributed by atoms with E-state index in [0.717, 1.165) is 71.6 Å². The van der Waals surface area contributed by atoms with Gasteiger partial charge in [0.05, 0.1) is 56.1 Å². The third-order valence-electron chi connectivity index (χ3n) is 6.87. The first-order valence-corrected chi connectivity index (χ1v) is 11.8. The lowest BCUT2D eigenvalue weighted by molar-refractivity contribution is -0.114. The standard InChI is InChI=1S/C25H28N4O5/c1-15(30)28-23-8-18-19(10-26-21(18)11-27-23)20-9-22(33-5-2-16-12-32-13-16)17-3-6-34-25(24(17)29-20)4-7-31-14-25/h8-11,16,26H,2-7,12-14H2,1H3,(H,27,28,30). The number of aromatic amines is 1. The Labute approximate surface area is 197 Å². The molecule has 3 aromatic rings. The molecule has 0 radical (unpaired) electrons. The van der Waals surface area contributed by atoms with Crippen molar-refractivity contribution in [2.75, 3.05) is 45.0 Å². The van der Waals surface area contributed by atoms with Crippen molar-refractivity contribution >= 4 is 22.6 Å². The van der Waals surface area contributed by atoms with Crippen LogP contribution in [0.1, 0.15) is 31.0 Å². The van der Waals surface area contributed by atoms with Crippen LogP contribution in [0.15, 0.2) is 24.5 Å². The Kier molecular flexibility index (Phi) is 5.47. The van der Waals surface area contributed by atoms with Gasteiger partial charge in [-0.05, 0) is 12.5 Å². The Morgan fingerprint density at radius 3 is 2.97 bits per heavy atom. The predicted octanol–water partition coefficient (Wildman–Crippen LogP) is 3.19. The maximum atomic E-state index is 11.5. The number of amides is 1. The Bertz CT molecular complexity index is 1230. The van der Waals surface area contributed by atoms with Crippen LogP contribution in [-0.4, -0.2) is 60.5 Å². The average Bonchev–Trinajstić information content (AvgIpc) is 3.43. The van der Waals surface area contributed by atoms with Crippen LogP contribution in [0, 0.1) is 5.92 Å². The van der Waals surface area contributed by atoms with E-state index in [0.29, 0.717) is 38.2 Å². The van der Waals surface area contributed by atoms with Crippen LogP contribution in [-0.2, 0) is 31.0 Å². The number of rotatable bonds is 6. The highest BCUT2D eigenvalue weighted by Crippen LogP contribution is 2.44. The van der Waals surface area contributed by atoms with E-state index >= 15 is 0 Å². The molecule has 3 aliphatic heterocycles. The number of H-pyrrole nitrogens is 1. The van der Waals surface area contributed by atoms with Crippen molar-refractivity contribution in [2.45, 2.75) is 31.8 Å². The molecule has 3 aliphatic rings. The smallest absolute Gasteiger partial charge is 0.222 e. The molecule has 2 saturated heterocycles. The summed E-state index contributed by atoms with van der Waals surface area (Å²) in [6, 6.07) is 3.90. The SMILES string of the molecule is CC(=O)Nc1cc2c(-c3cc(OCCC4COC4)c4c(n3)C3(CCOC3)OCC4)c[nH]c2cn1. The van der Waals surface area contributed by atoms with Crippen molar-refractivity contribution in [3.8, 4) is 17.0 Å². The number of nitrogens with one attached hydrogen (secondary N) is 2. The highest BCUT2D eigenvalue weighted by molar-refractivity contribution is 5.97. The number of hydrogen-bond donors (Lipinski definition) is 2. The molecule has 178 valence electrons. The fourth-order valence-electron chi connectivity index (χ4n) is 4.97. The van der Waals surface area contributed by atoms with Crippen LogP contribution >= 0.6 is 0 Å². The van der Waals surface area contributed by atoms with E-state index in [1.54, 1.807) is 6.20 Å². The summed E-state index contributed by atoms with van der Waals surface area (Å²) in [6.45, 7) is 5.52. The maximum absolute atomic E-state index is 11.5. The molecule has 0 aromatic carbocycles. The van der Waals surface area contributed by atoms with Crippen molar-refractivity contribution < 1.29 is 23.7 Å². The summed E-state index contributed by atoms with van der Waals surface area (Å²) in [5.74, 6) is 1.77. The first-order chi connectivity index (χ1) is 16.6. The van der Waals surface area contributed by atoms with Gasteiger partial charge in [0.1, 0.15) is 17.2 Å². The summed E-state index contributed by atoms with van der Waals surface area (Å²) >= 11 is 0. The van der Waals surface area contributed by atoms with Crippen molar-refractivity contribution in [2.24, 2.45) is 5.92 Å². The molecule has 9 nitrogen and oxygen atoms in total. The number of hydrogen-bond acceptors (Lipinski definition) is 7. The highest BCUT2D eigenvalue weighted by atomic mass is 16.6. The topological polar surface area (TPSA) is 108 Å². The molecular weight excluding hydrogens is 436 g/mol. The van der Waals surface area contributed by atoms with E-state index in [9.17, 15) is 4.79 Å². The average molecular weight is 465 g/mol. The molecular formula is C25H28N4O5. The van der Waals surface area contributed by atoms with E-state index in [1.807, 2.05) is 18.3 Å². The Hall–Kier alpha value is -3.01. The summed E-state index contributed by atoms with van der Waals surface area (Å²) in [5, 5.41) is 3.69. The van der Waals surface area contributed by atoms with Crippen LogP contribution in [0.3, 0.4) is 0 Å². The van der Waals surface area contributed by atoms with Crippen molar-refractivity contribution in [3.05, 3.63) is 35.8 Å². The van der Waals surface area contributed by atoms with Gasteiger partial charge in [-0.1, -0.05) is 0 Å².